The number of nitrogens with zero attached hydrogens (tertiary/aromatic N) is 3. The minimum absolute atomic E-state index is 0.140. The topological polar surface area (TPSA) is 109 Å². The van der Waals surface area contributed by atoms with Gasteiger partial charge < -0.3 is 15.7 Å². The van der Waals surface area contributed by atoms with E-state index in [-0.39, 0.29) is 11.7 Å². The predicted molar refractivity (Wildman–Crippen MR) is 61.1 cm³/mol. The molecule has 8 nitrogen and oxygen atoms in total. The fraction of sp³-hybridized carbons (Fsp3) is 0.600. The van der Waals surface area contributed by atoms with Crippen LogP contribution in [0, 0.1) is 0 Å². The van der Waals surface area contributed by atoms with Gasteiger partial charge >= 0.3 is 5.97 Å². The summed E-state index contributed by atoms with van der Waals surface area (Å²) in [6.45, 7) is 3.30. The molecule has 1 aliphatic heterocycles. The van der Waals surface area contributed by atoms with Crippen molar-refractivity contribution in [2.45, 2.75) is 25.4 Å². The molecule has 3 N–H and O–H groups in total. The first kappa shape index (κ1) is 12.5. The van der Waals surface area contributed by atoms with Crippen LogP contribution in [-0.2, 0) is 4.79 Å². The lowest BCUT2D eigenvalue weighted by Gasteiger charge is -2.26. The van der Waals surface area contributed by atoms with E-state index in [2.05, 4.69) is 20.9 Å². The van der Waals surface area contributed by atoms with Crippen LogP contribution in [0.4, 0.5) is 0 Å². The van der Waals surface area contributed by atoms with Gasteiger partial charge in [0.2, 0.25) is 0 Å². The number of hydrogen-bond donors (Lipinski definition) is 3. The van der Waals surface area contributed by atoms with E-state index in [1.54, 1.807) is 11.6 Å². The van der Waals surface area contributed by atoms with E-state index in [0.717, 1.165) is 13.1 Å². The third-order valence-corrected chi connectivity index (χ3v) is 2.89. The van der Waals surface area contributed by atoms with Crippen molar-refractivity contribution in [1.82, 2.24) is 25.6 Å². The van der Waals surface area contributed by atoms with E-state index in [9.17, 15) is 9.59 Å². The lowest BCUT2D eigenvalue weighted by molar-refractivity contribution is -0.139. The van der Waals surface area contributed by atoms with Gasteiger partial charge in [0.15, 0.2) is 5.69 Å². The van der Waals surface area contributed by atoms with Crippen LogP contribution in [0.2, 0.25) is 0 Å². The van der Waals surface area contributed by atoms with Crippen LogP contribution in [0.15, 0.2) is 6.20 Å². The van der Waals surface area contributed by atoms with Crippen LogP contribution < -0.4 is 10.6 Å². The minimum Gasteiger partial charge on any atom is -0.480 e. The molecule has 0 radical (unpaired) electrons. The number of aliphatic carboxylic acids is 1. The largest absolute Gasteiger partial charge is 0.480 e. The lowest BCUT2D eigenvalue weighted by Crippen LogP contribution is -2.43. The molecule has 18 heavy (non-hydrogen) atoms. The molecule has 1 atom stereocenters. The van der Waals surface area contributed by atoms with Gasteiger partial charge in [-0.1, -0.05) is 12.1 Å². The number of rotatable bonds is 5. The first-order valence-electron chi connectivity index (χ1n) is 5.78. The second kappa shape index (κ2) is 5.13. The highest BCUT2D eigenvalue weighted by Crippen LogP contribution is 2.09. The van der Waals surface area contributed by atoms with Gasteiger partial charge in [-0.15, -0.1) is 5.10 Å². The molecule has 0 bridgehead atoms. The third-order valence-electron chi connectivity index (χ3n) is 2.89. The average Bonchev–Trinajstić information content (AvgIpc) is 2.71. The number of carbonyl (C=O) groups excluding carboxylic acids is 1. The molecular weight excluding hydrogens is 238 g/mol. The molecule has 2 heterocycles. The summed E-state index contributed by atoms with van der Waals surface area (Å²) in [6, 6.07) is -0.673. The highest BCUT2D eigenvalue weighted by Gasteiger charge is 2.23. The maximum absolute atomic E-state index is 11.8. The number of carbonyl (C=O) groups is 2. The van der Waals surface area contributed by atoms with Crippen molar-refractivity contribution in [3.63, 3.8) is 0 Å². The molecule has 1 aliphatic rings. The zero-order valence-electron chi connectivity index (χ0n) is 9.96. The predicted octanol–water partition coefficient (Wildman–Crippen LogP) is -0.985. The minimum atomic E-state index is -1.05. The Hall–Kier alpha value is -1.96. The molecule has 0 spiro atoms. The second-order valence-corrected chi connectivity index (χ2v) is 4.17. The van der Waals surface area contributed by atoms with Crippen molar-refractivity contribution in [2.75, 3.05) is 13.1 Å². The zero-order valence-corrected chi connectivity index (χ0v) is 9.96. The molecule has 1 fully saturated rings. The van der Waals surface area contributed by atoms with Gasteiger partial charge in [-0.3, -0.25) is 4.79 Å². The van der Waals surface area contributed by atoms with Crippen LogP contribution in [0.1, 0.15) is 29.9 Å². The number of hydrogen-bond acceptors (Lipinski definition) is 5. The Kier molecular flexibility index (Phi) is 3.56. The summed E-state index contributed by atoms with van der Waals surface area (Å²) in [4.78, 5) is 22.6. The molecule has 1 unspecified atom stereocenters. The summed E-state index contributed by atoms with van der Waals surface area (Å²) >= 11 is 0. The average molecular weight is 253 g/mol. The molecule has 98 valence electrons. The maximum atomic E-state index is 11.8. The Balaban J connectivity index is 1.99. The van der Waals surface area contributed by atoms with E-state index < -0.39 is 17.9 Å². The number of carboxylic acid groups (broad SMARTS) is 1. The number of aromatic nitrogens is 3. The Morgan fingerprint density at radius 1 is 1.67 bits per heavy atom. The number of nitrogens with one attached hydrogen (secondary N) is 2. The van der Waals surface area contributed by atoms with Crippen LogP contribution in [0.25, 0.3) is 0 Å². The Bertz CT molecular complexity index is 454. The molecule has 2 rings (SSSR count). The molecule has 1 saturated heterocycles. The van der Waals surface area contributed by atoms with Gasteiger partial charge in [0.25, 0.3) is 5.91 Å². The molecular formula is C10H15N5O3. The van der Waals surface area contributed by atoms with Crippen LogP contribution >= 0.6 is 0 Å². The van der Waals surface area contributed by atoms with Gasteiger partial charge in [-0.25, -0.2) is 9.48 Å². The van der Waals surface area contributed by atoms with Crippen LogP contribution in [0.3, 0.4) is 0 Å². The highest BCUT2D eigenvalue weighted by atomic mass is 16.4. The first-order chi connectivity index (χ1) is 8.61. The van der Waals surface area contributed by atoms with Crippen LogP contribution in [0.5, 0.6) is 0 Å². The van der Waals surface area contributed by atoms with Gasteiger partial charge in [0.1, 0.15) is 6.04 Å². The van der Waals surface area contributed by atoms with Crippen molar-refractivity contribution in [3.8, 4) is 0 Å². The standard InChI is InChI=1S/C10H15N5O3/c1-2-7(10(17)18)12-9(16)8-5-15(14-13-8)6-3-11-4-6/h5-7,11H,2-4H2,1H3,(H,12,16)(H,17,18). The number of amides is 1. The van der Waals surface area contributed by atoms with E-state index in [1.807, 2.05) is 0 Å². The smallest absolute Gasteiger partial charge is 0.326 e. The summed E-state index contributed by atoms with van der Waals surface area (Å²) in [6.07, 6.45) is 1.86. The van der Waals surface area contributed by atoms with Crippen molar-refractivity contribution >= 4 is 11.9 Å². The first-order valence-corrected chi connectivity index (χ1v) is 5.78. The summed E-state index contributed by atoms with van der Waals surface area (Å²) in [5, 5.41) is 21.9. The van der Waals surface area contributed by atoms with Gasteiger partial charge in [0, 0.05) is 13.1 Å². The fourth-order valence-corrected chi connectivity index (χ4v) is 1.59. The van der Waals surface area contributed by atoms with Crippen molar-refractivity contribution in [2.24, 2.45) is 0 Å². The summed E-state index contributed by atoms with van der Waals surface area (Å²) in [5.41, 5.74) is 0.140. The molecule has 1 amide bonds. The summed E-state index contributed by atoms with van der Waals surface area (Å²) in [7, 11) is 0. The van der Waals surface area contributed by atoms with Gasteiger partial charge in [0.05, 0.1) is 12.2 Å². The van der Waals surface area contributed by atoms with Gasteiger partial charge in [-0.2, -0.15) is 0 Å². The quantitative estimate of drug-likeness (QED) is 0.622. The molecule has 1 aromatic rings. The van der Waals surface area contributed by atoms with Crippen molar-refractivity contribution < 1.29 is 14.7 Å². The Morgan fingerprint density at radius 3 is 2.89 bits per heavy atom. The molecule has 0 saturated carbocycles. The molecule has 8 heteroatoms. The monoisotopic (exact) mass is 253 g/mol. The second-order valence-electron chi connectivity index (χ2n) is 4.17. The Morgan fingerprint density at radius 2 is 2.39 bits per heavy atom. The summed E-state index contributed by atoms with van der Waals surface area (Å²) < 4.78 is 1.62. The Labute approximate surface area is 103 Å². The molecule has 0 aliphatic carbocycles. The highest BCUT2D eigenvalue weighted by molar-refractivity contribution is 5.94. The number of carboxylic acids is 1. The summed E-state index contributed by atoms with van der Waals surface area (Å²) in [5.74, 6) is -1.57. The molecule has 1 aromatic heterocycles. The van der Waals surface area contributed by atoms with E-state index >= 15 is 0 Å². The van der Waals surface area contributed by atoms with Crippen molar-refractivity contribution in [1.29, 1.82) is 0 Å². The van der Waals surface area contributed by atoms with E-state index in [0.29, 0.717) is 6.42 Å². The molecule has 0 aromatic carbocycles. The van der Waals surface area contributed by atoms with E-state index in [4.69, 9.17) is 5.11 Å². The lowest BCUT2D eigenvalue weighted by atomic mass is 10.2. The SMILES string of the molecule is CCC(NC(=O)c1cn(C2CNC2)nn1)C(=O)O. The normalized spacial score (nSPS) is 16.9. The maximum Gasteiger partial charge on any atom is 0.326 e. The van der Waals surface area contributed by atoms with E-state index in [1.165, 1.54) is 6.20 Å². The fourth-order valence-electron chi connectivity index (χ4n) is 1.59. The third kappa shape index (κ3) is 2.48. The van der Waals surface area contributed by atoms with Gasteiger partial charge in [-0.05, 0) is 6.42 Å². The zero-order chi connectivity index (χ0) is 13.1. The van der Waals surface area contributed by atoms with Crippen molar-refractivity contribution in [3.05, 3.63) is 11.9 Å². The van der Waals surface area contributed by atoms with Crippen LogP contribution in [-0.4, -0.2) is 51.1 Å².